The van der Waals surface area contributed by atoms with Crippen LogP contribution >= 0.6 is 0 Å². The second kappa shape index (κ2) is 7.70. The predicted octanol–water partition coefficient (Wildman–Crippen LogP) is 2.42. The molecule has 30 heavy (non-hydrogen) atoms. The molecular weight excluding hydrogens is 388 g/mol. The molecule has 0 N–H and O–H groups in total. The monoisotopic (exact) mass is 412 g/mol. The van der Waals surface area contributed by atoms with Crippen molar-refractivity contribution in [1.29, 1.82) is 0 Å². The van der Waals surface area contributed by atoms with Crippen LogP contribution in [0.1, 0.15) is 27.7 Å². The quantitative estimate of drug-likeness (QED) is 0.694. The van der Waals surface area contributed by atoms with Crippen molar-refractivity contribution in [3.63, 3.8) is 0 Å². The Bertz CT molecular complexity index is 970. The van der Waals surface area contributed by atoms with E-state index in [1.807, 2.05) is 24.3 Å². The van der Waals surface area contributed by atoms with Gasteiger partial charge in [0.1, 0.15) is 5.56 Å². The van der Waals surface area contributed by atoms with Crippen LogP contribution < -0.4 is 18.9 Å². The fourth-order valence-electron chi connectivity index (χ4n) is 4.31. The molecule has 8 heteroatoms. The molecule has 3 aliphatic rings. The summed E-state index contributed by atoms with van der Waals surface area (Å²) in [6.07, 6.45) is -0.389. The van der Waals surface area contributed by atoms with Gasteiger partial charge in [-0.25, -0.2) is 4.79 Å². The van der Waals surface area contributed by atoms with Gasteiger partial charge in [-0.2, -0.15) is 0 Å². The lowest BCUT2D eigenvalue weighted by Gasteiger charge is -2.37. The molecule has 2 aromatic rings. The number of rotatable bonds is 5. The zero-order valence-corrected chi connectivity index (χ0v) is 17.1. The van der Waals surface area contributed by atoms with Crippen LogP contribution in [0.3, 0.4) is 0 Å². The van der Waals surface area contributed by atoms with Gasteiger partial charge in [0.25, 0.3) is 0 Å². The van der Waals surface area contributed by atoms with Gasteiger partial charge in [-0.1, -0.05) is 6.07 Å². The Labute approximate surface area is 174 Å². The molecule has 3 aliphatic heterocycles. The molecule has 0 bridgehead atoms. The van der Waals surface area contributed by atoms with Crippen molar-refractivity contribution in [3.05, 3.63) is 47.0 Å². The van der Waals surface area contributed by atoms with E-state index in [9.17, 15) is 4.79 Å². The van der Waals surface area contributed by atoms with Crippen LogP contribution in [0, 0.1) is 0 Å². The molecule has 0 unspecified atom stereocenters. The van der Waals surface area contributed by atoms with Crippen molar-refractivity contribution in [2.45, 2.75) is 12.8 Å². The Hall–Kier alpha value is -2.97. The van der Waals surface area contributed by atoms with E-state index < -0.39 is 0 Å². The maximum Gasteiger partial charge on any atom is 0.344 e. The molecule has 0 aromatic heterocycles. The number of esters is 1. The van der Waals surface area contributed by atoms with Crippen molar-refractivity contribution in [2.75, 3.05) is 47.2 Å². The van der Waals surface area contributed by atoms with Crippen LogP contribution in [0.4, 0.5) is 0 Å². The first-order valence-electron chi connectivity index (χ1n) is 9.98. The van der Waals surface area contributed by atoms with Crippen molar-refractivity contribution in [1.82, 2.24) is 9.80 Å². The van der Waals surface area contributed by atoms with Gasteiger partial charge in [0.15, 0.2) is 29.2 Å². The molecule has 1 saturated heterocycles. The first-order valence-corrected chi connectivity index (χ1v) is 9.98. The summed E-state index contributed by atoms with van der Waals surface area (Å²) in [5, 5.41) is 0. The number of hydrogen-bond donors (Lipinski definition) is 0. The number of benzene rings is 2. The van der Waals surface area contributed by atoms with E-state index >= 15 is 0 Å². The highest BCUT2D eigenvalue weighted by molar-refractivity contribution is 5.98. The molecule has 1 fully saturated rings. The molecule has 2 aromatic carbocycles. The van der Waals surface area contributed by atoms with Gasteiger partial charge in [-0.05, 0) is 29.8 Å². The Morgan fingerprint density at radius 3 is 2.57 bits per heavy atom. The topological polar surface area (TPSA) is 69.7 Å². The first-order chi connectivity index (χ1) is 14.7. The highest BCUT2D eigenvalue weighted by Crippen LogP contribution is 2.43. The normalized spacial score (nSPS) is 20.7. The first kappa shape index (κ1) is 19.0. The molecule has 0 spiro atoms. The zero-order chi connectivity index (χ0) is 20.7. The smallest absolute Gasteiger partial charge is 0.344 e. The van der Waals surface area contributed by atoms with Crippen LogP contribution in [0.5, 0.6) is 23.0 Å². The second-order valence-corrected chi connectivity index (χ2v) is 7.52. The SMILES string of the molecule is COc1ccc2c(c1OC)C(=O)O[C@@H]2N1CCN(Cc2ccc3c(c2)OCO3)CC1. The lowest BCUT2D eigenvalue weighted by Crippen LogP contribution is -2.47. The van der Waals surface area contributed by atoms with E-state index in [1.54, 1.807) is 7.11 Å². The molecule has 8 nitrogen and oxygen atoms in total. The number of carbonyl (C=O) groups excluding carboxylic acids is 1. The van der Waals surface area contributed by atoms with Crippen LogP contribution in [0.2, 0.25) is 0 Å². The molecule has 0 saturated carbocycles. The summed E-state index contributed by atoms with van der Waals surface area (Å²) in [4.78, 5) is 17.1. The zero-order valence-electron chi connectivity index (χ0n) is 17.1. The van der Waals surface area contributed by atoms with E-state index in [1.165, 1.54) is 12.7 Å². The van der Waals surface area contributed by atoms with Crippen molar-refractivity contribution in [2.24, 2.45) is 0 Å². The fraction of sp³-hybridized carbons (Fsp3) is 0.409. The lowest BCUT2D eigenvalue weighted by molar-refractivity contribution is -0.0419. The molecular formula is C22H24N2O6. The number of nitrogens with zero attached hydrogens (tertiary/aromatic N) is 2. The standard InChI is InChI=1S/C22H24N2O6/c1-26-17-6-4-15-19(20(17)27-2)22(25)30-21(15)24-9-7-23(8-10-24)12-14-3-5-16-18(11-14)29-13-28-16/h3-6,11,21H,7-10,12-13H2,1-2H3/t21-/m0/s1. The van der Waals surface area contributed by atoms with E-state index in [0.29, 0.717) is 17.1 Å². The van der Waals surface area contributed by atoms with Crippen LogP contribution in [0.15, 0.2) is 30.3 Å². The number of cyclic esters (lactones) is 1. The minimum atomic E-state index is -0.389. The van der Waals surface area contributed by atoms with Gasteiger partial charge in [0, 0.05) is 38.3 Å². The summed E-state index contributed by atoms with van der Waals surface area (Å²) in [5.41, 5.74) is 2.49. The van der Waals surface area contributed by atoms with E-state index in [-0.39, 0.29) is 19.0 Å². The second-order valence-electron chi connectivity index (χ2n) is 7.52. The summed E-state index contributed by atoms with van der Waals surface area (Å²) in [6, 6.07) is 9.80. The minimum Gasteiger partial charge on any atom is -0.493 e. The average molecular weight is 412 g/mol. The maximum absolute atomic E-state index is 12.5. The Morgan fingerprint density at radius 1 is 1.00 bits per heavy atom. The highest BCUT2D eigenvalue weighted by atomic mass is 16.7. The van der Waals surface area contributed by atoms with Gasteiger partial charge in [-0.3, -0.25) is 9.80 Å². The number of hydrogen-bond acceptors (Lipinski definition) is 8. The predicted molar refractivity (Wildman–Crippen MR) is 107 cm³/mol. The van der Waals surface area contributed by atoms with Crippen molar-refractivity contribution < 1.29 is 28.5 Å². The molecule has 3 heterocycles. The van der Waals surface area contributed by atoms with Crippen LogP contribution in [0.25, 0.3) is 0 Å². The summed E-state index contributed by atoms with van der Waals surface area (Å²) in [5.74, 6) is 2.21. The fourth-order valence-corrected chi connectivity index (χ4v) is 4.31. The molecule has 0 radical (unpaired) electrons. The van der Waals surface area contributed by atoms with Gasteiger partial charge < -0.3 is 23.7 Å². The number of methoxy groups -OCH3 is 2. The summed E-state index contributed by atoms with van der Waals surface area (Å²) >= 11 is 0. The maximum atomic E-state index is 12.5. The van der Waals surface area contributed by atoms with E-state index in [4.69, 9.17) is 23.7 Å². The Morgan fingerprint density at radius 2 is 1.80 bits per heavy atom. The molecule has 0 aliphatic carbocycles. The summed E-state index contributed by atoms with van der Waals surface area (Å²) in [6.45, 7) is 4.50. The Balaban J connectivity index is 1.26. The van der Waals surface area contributed by atoms with Crippen LogP contribution in [-0.2, 0) is 11.3 Å². The number of carbonyl (C=O) groups is 1. The minimum absolute atomic E-state index is 0.287. The van der Waals surface area contributed by atoms with Gasteiger partial charge in [0.2, 0.25) is 6.79 Å². The lowest BCUT2D eigenvalue weighted by atomic mass is 10.1. The number of ether oxygens (including phenoxy) is 5. The number of piperazine rings is 1. The van der Waals surface area contributed by atoms with Gasteiger partial charge >= 0.3 is 5.97 Å². The Kier molecular flexibility index (Phi) is 4.88. The molecule has 0 amide bonds. The van der Waals surface area contributed by atoms with Crippen LogP contribution in [-0.4, -0.2) is 63.0 Å². The number of fused-ring (bicyclic) bond motifs is 2. The van der Waals surface area contributed by atoms with Gasteiger partial charge in [0.05, 0.1) is 14.2 Å². The average Bonchev–Trinajstić information content (AvgIpc) is 3.37. The molecule has 158 valence electrons. The highest BCUT2D eigenvalue weighted by Gasteiger charge is 2.39. The third-order valence-corrected chi connectivity index (χ3v) is 5.85. The summed E-state index contributed by atoms with van der Waals surface area (Å²) < 4.78 is 27.3. The third kappa shape index (κ3) is 3.22. The molecule has 1 atom stereocenters. The third-order valence-electron chi connectivity index (χ3n) is 5.85. The van der Waals surface area contributed by atoms with Crippen molar-refractivity contribution >= 4 is 5.97 Å². The van der Waals surface area contributed by atoms with E-state index in [0.717, 1.165) is 49.8 Å². The van der Waals surface area contributed by atoms with Gasteiger partial charge in [-0.15, -0.1) is 0 Å². The summed E-state index contributed by atoms with van der Waals surface area (Å²) in [7, 11) is 3.09. The largest absolute Gasteiger partial charge is 0.493 e. The van der Waals surface area contributed by atoms with Crippen molar-refractivity contribution in [3.8, 4) is 23.0 Å². The molecule has 5 rings (SSSR count). The van der Waals surface area contributed by atoms with E-state index in [2.05, 4.69) is 15.9 Å².